The molecule has 0 bridgehead atoms. The minimum atomic E-state index is -0.170. The van der Waals surface area contributed by atoms with Crippen LogP contribution in [0.1, 0.15) is 18.9 Å². The normalized spacial score (nSPS) is 13.8. The summed E-state index contributed by atoms with van der Waals surface area (Å²) < 4.78 is 11.4. The molecule has 0 saturated heterocycles. The maximum absolute atomic E-state index is 12.3. The average Bonchev–Trinajstić information content (AvgIpc) is 3.00. The molecule has 0 radical (unpaired) electrons. The zero-order valence-electron chi connectivity index (χ0n) is 16.1. The fourth-order valence-electron chi connectivity index (χ4n) is 2.97. The Bertz CT molecular complexity index is 1060. The molecule has 0 unspecified atom stereocenters. The molecule has 0 atom stereocenters. The summed E-state index contributed by atoms with van der Waals surface area (Å²) in [6, 6.07) is 15.5. The number of pyridine rings is 1. The van der Waals surface area contributed by atoms with Crippen molar-refractivity contribution in [2.24, 2.45) is 5.10 Å². The van der Waals surface area contributed by atoms with Crippen LogP contribution in [0.4, 0.5) is 0 Å². The lowest BCUT2D eigenvalue weighted by Crippen LogP contribution is -2.21. The largest absolute Gasteiger partial charge is 0.490 e. The van der Waals surface area contributed by atoms with E-state index in [2.05, 4.69) is 15.5 Å². The van der Waals surface area contributed by atoms with E-state index in [1.807, 2.05) is 55.5 Å². The second-order valence-electron chi connectivity index (χ2n) is 6.56. The molecule has 4 rings (SSSR count). The topological polar surface area (TPSA) is 72.8 Å². The number of aromatic nitrogens is 1. The molecule has 29 heavy (non-hydrogen) atoms. The van der Waals surface area contributed by atoms with E-state index in [1.54, 1.807) is 6.20 Å². The van der Waals surface area contributed by atoms with Crippen LogP contribution in [0, 0.1) is 0 Å². The van der Waals surface area contributed by atoms with Crippen molar-refractivity contribution in [2.75, 3.05) is 19.0 Å². The second kappa shape index (κ2) is 8.96. The smallest absolute Gasteiger partial charge is 0.250 e. The molecule has 0 saturated carbocycles. The zero-order chi connectivity index (χ0) is 20.1. The molecule has 1 aromatic heterocycles. The van der Waals surface area contributed by atoms with Crippen LogP contribution in [0.25, 0.3) is 10.9 Å². The predicted octanol–water partition coefficient (Wildman–Crippen LogP) is 4.03. The van der Waals surface area contributed by atoms with Gasteiger partial charge in [0.2, 0.25) is 5.91 Å². The highest BCUT2D eigenvalue weighted by Gasteiger charge is 2.12. The van der Waals surface area contributed by atoms with Crippen molar-refractivity contribution in [3.63, 3.8) is 0 Å². The fourth-order valence-corrected chi connectivity index (χ4v) is 3.80. The summed E-state index contributed by atoms with van der Waals surface area (Å²) >= 11 is 1.45. The molecule has 2 heterocycles. The summed E-state index contributed by atoms with van der Waals surface area (Å²) in [5.41, 5.74) is 5.11. The molecular formula is C22H21N3O3S. The zero-order valence-corrected chi connectivity index (χ0v) is 16.9. The number of fused-ring (bicyclic) bond motifs is 2. The average molecular weight is 407 g/mol. The Balaban J connectivity index is 1.38. The Morgan fingerprint density at radius 1 is 1.14 bits per heavy atom. The summed E-state index contributed by atoms with van der Waals surface area (Å²) in [6.07, 6.45) is 2.62. The van der Waals surface area contributed by atoms with Crippen LogP contribution in [0.3, 0.4) is 0 Å². The highest BCUT2D eigenvalue weighted by atomic mass is 32.2. The van der Waals surface area contributed by atoms with Gasteiger partial charge in [0.25, 0.3) is 0 Å². The SMILES string of the molecule is C/C(=N/NC(=O)CSc1cccc2cccnc12)c1ccc2c(c1)OCCCO2. The first-order valence-corrected chi connectivity index (χ1v) is 10.4. The molecule has 0 fully saturated rings. The molecule has 1 amide bonds. The summed E-state index contributed by atoms with van der Waals surface area (Å²) in [7, 11) is 0. The van der Waals surface area contributed by atoms with E-state index in [0.29, 0.717) is 24.7 Å². The predicted molar refractivity (Wildman–Crippen MR) is 115 cm³/mol. The number of nitrogens with zero attached hydrogens (tertiary/aromatic N) is 2. The van der Waals surface area contributed by atoms with Gasteiger partial charge in [0.05, 0.1) is 30.2 Å². The minimum Gasteiger partial charge on any atom is -0.490 e. The molecule has 1 N–H and O–H groups in total. The number of benzene rings is 2. The van der Waals surface area contributed by atoms with Crippen LogP contribution >= 0.6 is 11.8 Å². The maximum Gasteiger partial charge on any atom is 0.250 e. The molecular weight excluding hydrogens is 386 g/mol. The Morgan fingerprint density at radius 3 is 2.86 bits per heavy atom. The lowest BCUT2D eigenvalue weighted by Gasteiger charge is -2.09. The first-order chi connectivity index (χ1) is 14.2. The Hall–Kier alpha value is -3.06. The van der Waals surface area contributed by atoms with Gasteiger partial charge in [-0.3, -0.25) is 9.78 Å². The van der Waals surface area contributed by atoms with E-state index in [-0.39, 0.29) is 11.7 Å². The Morgan fingerprint density at radius 2 is 1.97 bits per heavy atom. The quantitative estimate of drug-likeness (QED) is 0.393. The van der Waals surface area contributed by atoms with Crippen LogP contribution in [0.5, 0.6) is 11.5 Å². The van der Waals surface area contributed by atoms with E-state index < -0.39 is 0 Å². The molecule has 2 aromatic carbocycles. The van der Waals surface area contributed by atoms with Crippen molar-refractivity contribution in [3.8, 4) is 11.5 Å². The van der Waals surface area contributed by atoms with Crippen molar-refractivity contribution in [2.45, 2.75) is 18.2 Å². The third-order valence-corrected chi connectivity index (χ3v) is 5.52. The van der Waals surface area contributed by atoms with Gasteiger partial charge in [0.15, 0.2) is 11.5 Å². The van der Waals surface area contributed by atoms with Gasteiger partial charge >= 0.3 is 0 Å². The molecule has 148 valence electrons. The molecule has 6 nitrogen and oxygen atoms in total. The van der Waals surface area contributed by atoms with Crippen molar-refractivity contribution < 1.29 is 14.3 Å². The third-order valence-electron chi connectivity index (χ3n) is 4.47. The summed E-state index contributed by atoms with van der Waals surface area (Å²) in [5, 5.41) is 5.29. The fraction of sp³-hybridized carbons (Fsp3) is 0.227. The van der Waals surface area contributed by atoms with E-state index in [4.69, 9.17) is 9.47 Å². The number of nitrogens with one attached hydrogen (secondary N) is 1. The maximum atomic E-state index is 12.3. The minimum absolute atomic E-state index is 0.170. The first-order valence-electron chi connectivity index (χ1n) is 9.40. The van der Waals surface area contributed by atoms with Gasteiger partial charge in [-0.25, -0.2) is 5.43 Å². The number of para-hydroxylation sites is 1. The van der Waals surface area contributed by atoms with Gasteiger partial charge in [-0.1, -0.05) is 18.2 Å². The highest BCUT2D eigenvalue weighted by molar-refractivity contribution is 8.00. The van der Waals surface area contributed by atoms with Crippen LogP contribution in [0.15, 0.2) is 64.7 Å². The first kappa shape index (κ1) is 19.3. The Labute approximate surface area is 173 Å². The number of thioether (sulfide) groups is 1. The molecule has 7 heteroatoms. The third kappa shape index (κ3) is 4.68. The molecule has 1 aliphatic rings. The number of amides is 1. The number of hydrogen-bond acceptors (Lipinski definition) is 6. The number of rotatable bonds is 5. The van der Waals surface area contributed by atoms with Gasteiger partial charge < -0.3 is 9.47 Å². The second-order valence-corrected chi connectivity index (χ2v) is 7.58. The van der Waals surface area contributed by atoms with E-state index in [9.17, 15) is 4.79 Å². The van der Waals surface area contributed by atoms with Crippen LogP contribution in [-0.2, 0) is 4.79 Å². The van der Waals surface area contributed by atoms with Gasteiger partial charge in [-0.2, -0.15) is 5.10 Å². The van der Waals surface area contributed by atoms with E-state index in [1.165, 1.54) is 11.8 Å². The lowest BCUT2D eigenvalue weighted by atomic mass is 10.1. The molecule has 1 aliphatic heterocycles. The van der Waals surface area contributed by atoms with E-state index >= 15 is 0 Å². The van der Waals surface area contributed by atoms with Gasteiger partial charge in [0.1, 0.15) is 0 Å². The van der Waals surface area contributed by atoms with Crippen LogP contribution in [0.2, 0.25) is 0 Å². The number of ether oxygens (including phenoxy) is 2. The van der Waals surface area contributed by atoms with Gasteiger partial charge in [-0.05, 0) is 37.3 Å². The van der Waals surface area contributed by atoms with Crippen LogP contribution < -0.4 is 14.9 Å². The van der Waals surface area contributed by atoms with Crippen molar-refractivity contribution in [1.29, 1.82) is 0 Å². The lowest BCUT2D eigenvalue weighted by molar-refractivity contribution is -0.118. The molecule has 0 spiro atoms. The van der Waals surface area contributed by atoms with Gasteiger partial charge in [0, 0.05) is 28.5 Å². The number of hydrogen-bond donors (Lipinski definition) is 1. The van der Waals surface area contributed by atoms with Crippen molar-refractivity contribution in [3.05, 3.63) is 60.3 Å². The summed E-state index contributed by atoms with van der Waals surface area (Å²) in [6.45, 7) is 3.13. The Kier molecular flexibility index (Phi) is 5.95. The highest BCUT2D eigenvalue weighted by Crippen LogP contribution is 2.30. The van der Waals surface area contributed by atoms with Crippen LogP contribution in [-0.4, -0.2) is 35.6 Å². The summed E-state index contributed by atoms with van der Waals surface area (Å²) in [5.74, 6) is 1.54. The van der Waals surface area contributed by atoms with E-state index in [0.717, 1.165) is 33.5 Å². The summed E-state index contributed by atoms with van der Waals surface area (Å²) in [4.78, 5) is 17.6. The van der Waals surface area contributed by atoms with Crippen molar-refractivity contribution >= 4 is 34.3 Å². The number of carbonyl (C=O) groups is 1. The standard InChI is InChI=1S/C22H21N3O3S/c1-15(17-8-9-18-19(13-17)28-12-4-11-27-18)24-25-21(26)14-29-20-7-2-5-16-6-3-10-23-22(16)20/h2-3,5-10,13H,4,11-12,14H2,1H3,(H,25,26)/b24-15-. The number of hydrazone groups is 1. The molecule has 0 aliphatic carbocycles. The van der Waals surface area contributed by atoms with Crippen molar-refractivity contribution in [1.82, 2.24) is 10.4 Å². The van der Waals surface area contributed by atoms with Gasteiger partial charge in [-0.15, -0.1) is 11.8 Å². The molecule has 3 aromatic rings. The number of carbonyl (C=O) groups excluding carboxylic acids is 1. The monoisotopic (exact) mass is 407 g/mol.